The second-order valence-electron chi connectivity index (χ2n) is 6.80. The van der Waals surface area contributed by atoms with E-state index in [4.69, 9.17) is 27.9 Å². The minimum Gasteiger partial charge on any atom is -0.496 e. The van der Waals surface area contributed by atoms with E-state index in [-0.39, 0.29) is 11.8 Å². The maximum Gasteiger partial charge on any atom is 0.224 e. The summed E-state index contributed by atoms with van der Waals surface area (Å²) in [6.07, 6.45) is 1.87. The third-order valence-corrected chi connectivity index (χ3v) is 5.67. The summed E-state index contributed by atoms with van der Waals surface area (Å²) in [4.78, 5) is 14.9. The largest absolute Gasteiger partial charge is 0.496 e. The third-order valence-electron chi connectivity index (χ3n) is 4.97. The number of carbonyl (C=O) groups excluding carboxylic acids is 1. The van der Waals surface area contributed by atoms with Gasteiger partial charge >= 0.3 is 0 Å². The standard InChI is InChI=1S/C21H24Cl2N2O2/c1-27-20-10-3-2-6-15(20)12-24-21(26)16-7-5-11-25(13-16)14-17-18(22)8-4-9-19(17)23/h2-4,6,8-10,16H,5,7,11-14H2,1H3,(H,24,26). The predicted molar refractivity (Wildman–Crippen MR) is 109 cm³/mol. The van der Waals surface area contributed by atoms with Crippen molar-refractivity contribution in [1.29, 1.82) is 0 Å². The van der Waals surface area contributed by atoms with Gasteiger partial charge in [0.05, 0.1) is 13.0 Å². The number of halogens is 2. The Labute approximate surface area is 170 Å². The van der Waals surface area contributed by atoms with Gasteiger partial charge in [0.1, 0.15) is 5.75 Å². The lowest BCUT2D eigenvalue weighted by Gasteiger charge is -2.32. The van der Waals surface area contributed by atoms with Gasteiger partial charge in [0.25, 0.3) is 0 Å². The van der Waals surface area contributed by atoms with Crippen LogP contribution in [0.1, 0.15) is 24.0 Å². The number of amides is 1. The molecule has 2 aromatic rings. The summed E-state index contributed by atoms with van der Waals surface area (Å²) in [6.45, 7) is 2.78. The molecule has 1 amide bonds. The number of carbonyl (C=O) groups is 1. The molecular weight excluding hydrogens is 383 g/mol. The SMILES string of the molecule is COc1ccccc1CNC(=O)C1CCCN(Cc2c(Cl)cccc2Cl)C1. The molecule has 2 aromatic carbocycles. The molecule has 0 aliphatic carbocycles. The van der Waals surface area contributed by atoms with Gasteiger partial charge < -0.3 is 10.1 Å². The lowest BCUT2D eigenvalue weighted by Crippen LogP contribution is -2.42. The first-order valence-corrected chi connectivity index (χ1v) is 9.89. The molecule has 4 nitrogen and oxygen atoms in total. The van der Waals surface area contributed by atoms with E-state index in [0.29, 0.717) is 29.7 Å². The minimum absolute atomic E-state index is 0.0327. The molecule has 0 radical (unpaired) electrons. The summed E-state index contributed by atoms with van der Waals surface area (Å²) in [5, 5.41) is 4.40. The normalized spacial score (nSPS) is 17.5. The smallest absolute Gasteiger partial charge is 0.224 e. The molecule has 1 N–H and O–H groups in total. The van der Waals surface area contributed by atoms with Crippen molar-refractivity contribution in [3.05, 3.63) is 63.6 Å². The van der Waals surface area contributed by atoms with Gasteiger partial charge in [0.15, 0.2) is 0 Å². The molecule has 144 valence electrons. The minimum atomic E-state index is -0.0327. The number of piperidine rings is 1. The Morgan fingerprint density at radius 2 is 1.93 bits per heavy atom. The summed E-state index contributed by atoms with van der Waals surface area (Å²) in [5.74, 6) is 0.835. The summed E-state index contributed by atoms with van der Waals surface area (Å²) >= 11 is 12.6. The van der Waals surface area contributed by atoms with Crippen LogP contribution in [0.25, 0.3) is 0 Å². The monoisotopic (exact) mass is 406 g/mol. The molecule has 3 rings (SSSR count). The van der Waals surface area contributed by atoms with Gasteiger partial charge in [-0.2, -0.15) is 0 Å². The molecule has 0 saturated carbocycles. The number of rotatable bonds is 6. The van der Waals surface area contributed by atoms with Crippen LogP contribution in [0.3, 0.4) is 0 Å². The molecule has 1 heterocycles. The van der Waals surface area contributed by atoms with Gasteiger partial charge in [0.2, 0.25) is 5.91 Å². The zero-order valence-corrected chi connectivity index (χ0v) is 16.9. The fraction of sp³-hybridized carbons (Fsp3) is 0.381. The maximum atomic E-state index is 12.7. The van der Waals surface area contributed by atoms with Gasteiger partial charge in [-0.1, -0.05) is 47.5 Å². The molecule has 1 aliphatic heterocycles. The molecule has 27 heavy (non-hydrogen) atoms. The fourth-order valence-corrected chi connectivity index (χ4v) is 4.01. The van der Waals surface area contributed by atoms with E-state index in [1.54, 1.807) is 7.11 Å². The number of hydrogen-bond donors (Lipinski definition) is 1. The molecule has 6 heteroatoms. The fourth-order valence-electron chi connectivity index (χ4n) is 3.50. The van der Waals surface area contributed by atoms with Crippen molar-refractivity contribution in [2.45, 2.75) is 25.9 Å². The van der Waals surface area contributed by atoms with E-state index < -0.39 is 0 Å². The first kappa shape index (κ1) is 20.0. The van der Waals surface area contributed by atoms with Crippen LogP contribution < -0.4 is 10.1 Å². The lowest BCUT2D eigenvalue weighted by molar-refractivity contribution is -0.126. The molecule has 1 atom stereocenters. The third kappa shape index (κ3) is 5.16. The van der Waals surface area contributed by atoms with Crippen LogP contribution in [0, 0.1) is 5.92 Å². The Morgan fingerprint density at radius 3 is 2.67 bits per heavy atom. The average molecular weight is 407 g/mol. The molecule has 1 aliphatic rings. The summed E-state index contributed by atoms with van der Waals surface area (Å²) in [7, 11) is 1.64. The van der Waals surface area contributed by atoms with E-state index in [0.717, 1.165) is 36.3 Å². The Hall–Kier alpha value is -1.75. The number of para-hydroxylation sites is 1. The number of methoxy groups -OCH3 is 1. The van der Waals surface area contributed by atoms with Gasteiger partial charge in [-0.3, -0.25) is 9.69 Å². The van der Waals surface area contributed by atoms with Crippen LogP contribution in [-0.4, -0.2) is 31.0 Å². The molecule has 0 aromatic heterocycles. The van der Waals surface area contributed by atoms with Gasteiger partial charge in [-0.05, 0) is 37.6 Å². The Balaban J connectivity index is 1.58. The van der Waals surface area contributed by atoms with E-state index in [1.807, 2.05) is 42.5 Å². The maximum absolute atomic E-state index is 12.7. The van der Waals surface area contributed by atoms with Crippen molar-refractivity contribution in [3.63, 3.8) is 0 Å². The van der Waals surface area contributed by atoms with Crippen LogP contribution in [-0.2, 0) is 17.9 Å². The van der Waals surface area contributed by atoms with Crippen molar-refractivity contribution >= 4 is 29.1 Å². The Bertz CT molecular complexity index is 777. The highest BCUT2D eigenvalue weighted by Crippen LogP contribution is 2.28. The topological polar surface area (TPSA) is 41.6 Å². The highest BCUT2D eigenvalue weighted by atomic mass is 35.5. The van der Waals surface area contributed by atoms with Crippen LogP contribution in [0.15, 0.2) is 42.5 Å². The van der Waals surface area contributed by atoms with Crippen LogP contribution >= 0.6 is 23.2 Å². The van der Waals surface area contributed by atoms with Gasteiger partial charge in [-0.25, -0.2) is 0 Å². The van der Waals surface area contributed by atoms with Crippen molar-refractivity contribution in [2.24, 2.45) is 5.92 Å². The van der Waals surface area contributed by atoms with Gasteiger partial charge in [0, 0.05) is 40.8 Å². The van der Waals surface area contributed by atoms with Crippen molar-refractivity contribution in [3.8, 4) is 5.75 Å². The summed E-state index contributed by atoms with van der Waals surface area (Å²) in [6, 6.07) is 13.3. The van der Waals surface area contributed by atoms with E-state index in [1.165, 1.54) is 0 Å². The van der Waals surface area contributed by atoms with E-state index in [9.17, 15) is 4.79 Å². The summed E-state index contributed by atoms with van der Waals surface area (Å²) in [5.41, 5.74) is 1.90. The Kier molecular flexibility index (Phi) is 7.00. The first-order valence-electron chi connectivity index (χ1n) is 9.13. The zero-order valence-electron chi connectivity index (χ0n) is 15.4. The zero-order chi connectivity index (χ0) is 19.2. The van der Waals surface area contributed by atoms with Crippen molar-refractivity contribution < 1.29 is 9.53 Å². The molecule has 0 spiro atoms. The van der Waals surface area contributed by atoms with Crippen LogP contribution in [0.4, 0.5) is 0 Å². The summed E-state index contributed by atoms with van der Waals surface area (Å²) < 4.78 is 5.34. The first-order chi connectivity index (χ1) is 13.1. The Morgan fingerprint density at radius 1 is 1.19 bits per heavy atom. The number of nitrogens with one attached hydrogen (secondary N) is 1. The molecule has 1 unspecified atom stereocenters. The molecule has 0 bridgehead atoms. The number of hydrogen-bond acceptors (Lipinski definition) is 3. The van der Waals surface area contributed by atoms with Crippen LogP contribution in [0.5, 0.6) is 5.75 Å². The molecular formula is C21H24Cl2N2O2. The second-order valence-corrected chi connectivity index (χ2v) is 7.62. The molecule has 1 fully saturated rings. The van der Waals surface area contributed by atoms with Gasteiger partial charge in [-0.15, -0.1) is 0 Å². The van der Waals surface area contributed by atoms with E-state index in [2.05, 4.69) is 10.2 Å². The quantitative estimate of drug-likeness (QED) is 0.765. The number of nitrogens with zero attached hydrogens (tertiary/aromatic N) is 1. The number of ether oxygens (including phenoxy) is 1. The second kappa shape index (κ2) is 9.45. The highest BCUT2D eigenvalue weighted by molar-refractivity contribution is 6.35. The molecule has 1 saturated heterocycles. The van der Waals surface area contributed by atoms with E-state index >= 15 is 0 Å². The average Bonchev–Trinajstić information content (AvgIpc) is 2.69. The predicted octanol–water partition coefficient (Wildman–Crippen LogP) is 4.53. The number of likely N-dealkylation sites (tertiary alicyclic amines) is 1. The van der Waals surface area contributed by atoms with Crippen molar-refractivity contribution in [2.75, 3.05) is 20.2 Å². The number of benzene rings is 2. The highest BCUT2D eigenvalue weighted by Gasteiger charge is 2.26. The van der Waals surface area contributed by atoms with Crippen molar-refractivity contribution in [1.82, 2.24) is 10.2 Å². The lowest BCUT2D eigenvalue weighted by atomic mass is 9.96. The van der Waals surface area contributed by atoms with Crippen LogP contribution in [0.2, 0.25) is 10.0 Å².